The fourth-order valence-electron chi connectivity index (χ4n) is 2.81. The topological polar surface area (TPSA) is 46.3 Å². The van der Waals surface area contributed by atoms with Crippen LogP contribution in [0.5, 0.6) is 0 Å². The molecular weight excluding hydrogens is 260 g/mol. The third-order valence-corrected chi connectivity index (χ3v) is 4.41. The number of nitrogens with two attached hydrogens (primary N) is 1. The molecule has 1 heterocycles. The molecule has 0 spiro atoms. The Bertz CT molecular complexity index is 496. The van der Waals surface area contributed by atoms with Gasteiger partial charge >= 0.3 is 0 Å². The number of hydrogen-bond acceptors (Lipinski definition) is 2. The Hall–Kier alpha value is -1.35. The number of anilines is 1. The van der Waals surface area contributed by atoms with Crippen molar-refractivity contribution in [2.75, 3.05) is 11.4 Å². The first-order valence-electron chi connectivity index (χ1n) is 8.20. The third-order valence-electron chi connectivity index (χ3n) is 4.41. The Morgan fingerprint density at radius 1 is 1.38 bits per heavy atom. The lowest BCUT2D eigenvalue weighted by Crippen LogP contribution is -2.29. The van der Waals surface area contributed by atoms with Gasteiger partial charge in [-0.3, -0.25) is 4.79 Å². The summed E-state index contributed by atoms with van der Waals surface area (Å²) in [6.07, 6.45) is 4.59. The molecule has 0 saturated heterocycles. The Morgan fingerprint density at radius 3 is 2.81 bits per heavy atom. The number of carbonyl (C=O) groups is 1. The SMILES string of the molecule is CCCCC(=O)N1CCc2cc(CC(N)C(C)C)ccc21. The number of fused-ring (bicyclic) bond motifs is 1. The zero-order chi connectivity index (χ0) is 15.4. The van der Waals surface area contributed by atoms with Crippen molar-refractivity contribution >= 4 is 11.6 Å². The van der Waals surface area contributed by atoms with Crippen LogP contribution in [0, 0.1) is 5.92 Å². The van der Waals surface area contributed by atoms with Crippen LogP contribution in [0.3, 0.4) is 0 Å². The van der Waals surface area contributed by atoms with Gasteiger partial charge in [0.2, 0.25) is 5.91 Å². The number of rotatable bonds is 6. The van der Waals surface area contributed by atoms with Crippen molar-refractivity contribution in [1.82, 2.24) is 0 Å². The molecular formula is C18H28N2O. The summed E-state index contributed by atoms with van der Waals surface area (Å²) < 4.78 is 0. The van der Waals surface area contributed by atoms with E-state index in [0.717, 1.165) is 37.9 Å². The van der Waals surface area contributed by atoms with Crippen LogP contribution in [-0.2, 0) is 17.6 Å². The maximum absolute atomic E-state index is 12.2. The zero-order valence-corrected chi connectivity index (χ0v) is 13.6. The van der Waals surface area contributed by atoms with Crippen LogP contribution in [-0.4, -0.2) is 18.5 Å². The zero-order valence-electron chi connectivity index (χ0n) is 13.6. The van der Waals surface area contributed by atoms with Crippen molar-refractivity contribution < 1.29 is 4.79 Å². The monoisotopic (exact) mass is 288 g/mol. The number of hydrogen-bond donors (Lipinski definition) is 1. The van der Waals surface area contributed by atoms with Crippen molar-refractivity contribution in [3.63, 3.8) is 0 Å². The lowest BCUT2D eigenvalue weighted by Gasteiger charge is -2.19. The minimum Gasteiger partial charge on any atom is -0.327 e. The summed E-state index contributed by atoms with van der Waals surface area (Å²) in [7, 11) is 0. The van der Waals surface area contributed by atoms with E-state index in [1.165, 1.54) is 11.1 Å². The molecule has 1 aliphatic heterocycles. The Balaban J connectivity index is 2.07. The molecule has 0 fully saturated rings. The molecule has 1 aliphatic rings. The van der Waals surface area contributed by atoms with E-state index in [2.05, 4.69) is 39.0 Å². The van der Waals surface area contributed by atoms with Gasteiger partial charge in [0.1, 0.15) is 0 Å². The molecule has 3 heteroatoms. The molecule has 0 radical (unpaired) electrons. The molecule has 21 heavy (non-hydrogen) atoms. The van der Waals surface area contributed by atoms with Gasteiger partial charge in [0.15, 0.2) is 0 Å². The molecule has 1 aromatic carbocycles. The number of carbonyl (C=O) groups excluding carboxylic acids is 1. The fourth-order valence-corrected chi connectivity index (χ4v) is 2.81. The molecule has 1 amide bonds. The standard InChI is InChI=1S/C18H28N2O/c1-4-5-6-18(21)20-10-9-15-11-14(7-8-17(15)20)12-16(19)13(2)3/h7-8,11,13,16H,4-6,9-10,12,19H2,1-3H3. The third kappa shape index (κ3) is 3.85. The average Bonchev–Trinajstić information content (AvgIpc) is 2.87. The van der Waals surface area contributed by atoms with E-state index in [1.807, 2.05) is 4.90 Å². The van der Waals surface area contributed by atoms with Gasteiger partial charge < -0.3 is 10.6 Å². The highest BCUT2D eigenvalue weighted by Crippen LogP contribution is 2.30. The lowest BCUT2D eigenvalue weighted by molar-refractivity contribution is -0.118. The largest absolute Gasteiger partial charge is 0.327 e. The number of unbranched alkanes of at least 4 members (excludes halogenated alkanes) is 1. The fraction of sp³-hybridized carbons (Fsp3) is 0.611. The highest BCUT2D eigenvalue weighted by Gasteiger charge is 2.24. The molecule has 0 aliphatic carbocycles. The van der Waals surface area contributed by atoms with Gasteiger partial charge in [-0.25, -0.2) is 0 Å². The van der Waals surface area contributed by atoms with Crippen molar-refractivity contribution in [2.45, 2.75) is 58.9 Å². The van der Waals surface area contributed by atoms with Gasteiger partial charge in [-0.05, 0) is 42.4 Å². The second-order valence-corrected chi connectivity index (χ2v) is 6.47. The van der Waals surface area contributed by atoms with E-state index >= 15 is 0 Å². The predicted molar refractivity (Wildman–Crippen MR) is 88.5 cm³/mol. The minimum atomic E-state index is 0.201. The summed E-state index contributed by atoms with van der Waals surface area (Å²) in [6, 6.07) is 6.68. The predicted octanol–water partition coefficient (Wildman–Crippen LogP) is 3.29. The smallest absolute Gasteiger partial charge is 0.226 e. The summed E-state index contributed by atoms with van der Waals surface area (Å²) in [6.45, 7) is 7.27. The highest BCUT2D eigenvalue weighted by molar-refractivity contribution is 5.95. The highest BCUT2D eigenvalue weighted by atomic mass is 16.2. The lowest BCUT2D eigenvalue weighted by atomic mass is 9.96. The van der Waals surface area contributed by atoms with Crippen molar-refractivity contribution in [3.8, 4) is 0 Å². The van der Waals surface area contributed by atoms with Gasteiger partial charge in [0, 0.05) is 24.7 Å². The maximum atomic E-state index is 12.2. The van der Waals surface area contributed by atoms with Crippen LogP contribution in [0.15, 0.2) is 18.2 Å². The van der Waals surface area contributed by atoms with E-state index in [0.29, 0.717) is 12.3 Å². The summed E-state index contributed by atoms with van der Waals surface area (Å²) in [5, 5.41) is 0. The first-order valence-corrected chi connectivity index (χ1v) is 8.20. The van der Waals surface area contributed by atoms with Gasteiger partial charge in [0.25, 0.3) is 0 Å². The van der Waals surface area contributed by atoms with Crippen molar-refractivity contribution in [1.29, 1.82) is 0 Å². The van der Waals surface area contributed by atoms with Crippen LogP contribution in [0.2, 0.25) is 0 Å². The summed E-state index contributed by atoms with van der Waals surface area (Å²) >= 11 is 0. The van der Waals surface area contributed by atoms with E-state index < -0.39 is 0 Å². The Labute approximate surface area is 128 Å². The van der Waals surface area contributed by atoms with Crippen LogP contribution < -0.4 is 10.6 Å². The quantitative estimate of drug-likeness (QED) is 0.873. The summed E-state index contributed by atoms with van der Waals surface area (Å²) in [5.74, 6) is 0.757. The Kier molecular flexibility index (Phi) is 5.40. The molecule has 1 atom stereocenters. The van der Waals surface area contributed by atoms with E-state index in [9.17, 15) is 4.79 Å². The molecule has 0 aromatic heterocycles. The van der Waals surface area contributed by atoms with Gasteiger partial charge in [-0.2, -0.15) is 0 Å². The molecule has 1 aromatic rings. The van der Waals surface area contributed by atoms with Crippen molar-refractivity contribution in [3.05, 3.63) is 29.3 Å². The minimum absolute atomic E-state index is 0.201. The van der Waals surface area contributed by atoms with Crippen LogP contribution in [0.1, 0.15) is 51.2 Å². The molecule has 2 N–H and O–H groups in total. The first kappa shape index (κ1) is 16.0. The van der Waals surface area contributed by atoms with Crippen molar-refractivity contribution in [2.24, 2.45) is 11.7 Å². The number of nitrogens with zero attached hydrogens (tertiary/aromatic N) is 1. The van der Waals surface area contributed by atoms with Crippen LogP contribution >= 0.6 is 0 Å². The van der Waals surface area contributed by atoms with E-state index in [1.54, 1.807) is 0 Å². The van der Waals surface area contributed by atoms with E-state index in [-0.39, 0.29) is 11.9 Å². The van der Waals surface area contributed by atoms with Crippen LogP contribution in [0.4, 0.5) is 5.69 Å². The molecule has 0 bridgehead atoms. The molecule has 116 valence electrons. The van der Waals surface area contributed by atoms with Gasteiger partial charge in [-0.15, -0.1) is 0 Å². The second kappa shape index (κ2) is 7.08. The summed E-state index contributed by atoms with van der Waals surface area (Å²) in [4.78, 5) is 14.2. The number of amides is 1. The first-order chi connectivity index (χ1) is 10.0. The maximum Gasteiger partial charge on any atom is 0.226 e. The summed E-state index contributed by atoms with van der Waals surface area (Å²) in [5.41, 5.74) is 9.86. The Morgan fingerprint density at radius 2 is 2.14 bits per heavy atom. The average molecular weight is 288 g/mol. The number of benzene rings is 1. The molecule has 2 rings (SSSR count). The van der Waals surface area contributed by atoms with Gasteiger partial charge in [0.05, 0.1) is 0 Å². The molecule has 0 saturated carbocycles. The van der Waals surface area contributed by atoms with E-state index in [4.69, 9.17) is 5.73 Å². The van der Waals surface area contributed by atoms with Crippen LogP contribution in [0.25, 0.3) is 0 Å². The van der Waals surface area contributed by atoms with Gasteiger partial charge in [-0.1, -0.05) is 39.3 Å². The second-order valence-electron chi connectivity index (χ2n) is 6.47. The normalized spacial score (nSPS) is 15.4. The molecule has 3 nitrogen and oxygen atoms in total. The molecule has 1 unspecified atom stereocenters.